The number of phenols is 1. The van der Waals surface area contributed by atoms with E-state index in [0.717, 1.165) is 60.3 Å². The van der Waals surface area contributed by atoms with Gasteiger partial charge in [-0.2, -0.15) is 0 Å². The van der Waals surface area contributed by atoms with Crippen LogP contribution in [0.2, 0.25) is 0 Å². The molecule has 1 aliphatic carbocycles. The summed E-state index contributed by atoms with van der Waals surface area (Å²) in [5.74, 6) is 2.48. The van der Waals surface area contributed by atoms with Crippen LogP contribution in [0.3, 0.4) is 0 Å². The second-order valence-corrected chi connectivity index (χ2v) is 15.5. The van der Waals surface area contributed by atoms with Gasteiger partial charge < -0.3 is 66.4 Å². The van der Waals surface area contributed by atoms with Crippen LogP contribution >= 0.6 is 0 Å². The zero-order valence-electron chi connectivity index (χ0n) is 31.1. The van der Waals surface area contributed by atoms with Crippen LogP contribution in [-0.2, 0) is 15.1 Å². The molecular formula is C42H56BrN3O8. The van der Waals surface area contributed by atoms with Crippen LogP contribution in [-0.4, -0.2) is 97.5 Å². The second-order valence-electron chi connectivity index (χ2n) is 15.5. The van der Waals surface area contributed by atoms with Crippen LogP contribution in [0.5, 0.6) is 23.0 Å². The van der Waals surface area contributed by atoms with Crippen molar-refractivity contribution in [3.05, 3.63) is 77.9 Å². The molecule has 4 fully saturated rings. The Balaban J connectivity index is 0.00000497. The van der Waals surface area contributed by atoms with Crippen molar-refractivity contribution in [2.75, 3.05) is 71.0 Å². The number of nitrogens with zero attached hydrogens (tertiary/aromatic N) is 1. The van der Waals surface area contributed by atoms with Gasteiger partial charge in [-0.15, -0.1) is 0 Å². The van der Waals surface area contributed by atoms with Crippen LogP contribution in [0.4, 0.5) is 5.69 Å². The van der Waals surface area contributed by atoms with Crippen molar-refractivity contribution < 1.29 is 60.5 Å². The van der Waals surface area contributed by atoms with E-state index in [0.29, 0.717) is 49.3 Å². The van der Waals surface area contributed by atoms with Crippen LogP contribution in [0.1, 0.15) is 68.6 Å². The van der Waals surface area contributed by atoms with Crippen molar-refractivity contribution in [2.24, 2.45) is 11.8 Å². The summed E-state index contributed by atoms with van der Waals surface area (Å²) in [5, 5.41) is 38.6. The molecule has 4 aliphatic heterocycles. The summed E-state index contributed by atoms with van der Waals surface area (Å²) in [6.45, 7) is 6.82. The number of benzene rings is 3. The van der Waals surface area contributed by atoms with Gasteiger partial charge >= 0.3 is 0 Å². The fraction of sp³-hybridized carbons (Fsp3) is 0.548. The number of aromatic hydroxyl groups is 1. The Bertz CT molecular complexity index is 1650. The molecule has 8 rings (SSSR count). The number of fused-ring (bicyclic) bond motifs is 4. The fourth-order valence-electron chi connectivity index (χ4n) is 8.94. The van der Waals surface area contributed by atoms with E-state index in [4.69, 9.17) is 18.9 Å². The number of quaternary nitrogens is 1. The molecule has 11 nitrogen and oxygen atoms in total. The number of carbonyl (C=O) groups is 1. The molecule has 5 N–H and O–H groups in total. The number of anilines is 1. The number of hydrogen-bond donors (Lipinski definition) is 5. The average Bonchev–Trinajstić information content (AvgIpc) is 3.74. The summed E-state index contributed by atoms with van der Waals surface area (Å²) in [4.78, 5) is 11.6. The van der Waals surface area contributed by atoms with Crippen LogP contribution in [0.15, 0.2) is 66.7 Å². The lowest BCUT2D eigenvalue weighted by atomic mass is 9.80. The van der Waals surface area contributed by atoms with E-state index in [-0.39, 0.29) is 53.8 Å². The van der Waals surface area contributed by atoms with Crippen molar-refractivity contribution in [3.8, 4) is 23.0 Å². The van der Waals surface area contributed by atoms with Crippen LogP contribution < -0.4 is 41.8 Å². The normalized spacial score (nSPS) is 23.7. The Hall–Kier alpha value is -3.39. The molecule has 0 radical (unpaired) electrons. The first-order valence-corrected chi connectivity index (χ1v) is 19.6. The fourth-order valence-corrected chi connectivity index (χ4v) is 8.94. The summed E-state index contributed by atoms with van der Waals surface area (Å²) in [6.07, 6.45) is 7.88. The zero-order valence-corrected chi connectivity index (χ0v) is 32.7. The maximum atomic E-state index is 12.0. The second kappa shape index (κ2) is 18.5. The van der Waals surface area contributed by atoms with Gasteiger partial charge in [-0.1, -0.05) is 43.2 Å². The number of hydrogen-bond acceptors (Lipinski definition) is 9. The third-order valence-electron chi connectivity index (χ3n) is 11.9. The molecule has 5 aliphatic rings. The number of rotatable bonds is 18. The molecular weight excluding hydrogens is 754 g/mol. The highest BCUT2D eigenvalue weighted by molar-refractivity contribution is 5.96. The molecule has 0 spiro atoms. The van der Waals surface area contributed by atoms with Crippen LogP contribution in [0, 0.1) is 11.8 Å². The number of aliphatic hydroxyl groups excluding tert-OH is 1. The summed E-state index contributed by atoms with van der Waals surface area (Å²) in [7, 11) is 0. The van der Waals surface area contributed by atoms with E-state index in [9.17, 15) is 20.1 Å². The maximum absolute atomic E-state index is 12.0. The van der Waals surface area contributed by atoms with Gasteiger partial charge in [0.2, 0.25) is 0 Å². The number of halogens is 1. The first-order valence-electron chi connectivity index (χ1n) is 19.6. The smallest absolute Gasteiger partial charge is 0.262 e. The molecule has 3 aromatic carbocycles. The molecule has 4 heterocycles. The van der Waals surface area contributed by atoms with E-state index in [2.05, 4.69) is 22.8 Å². The monoisotopic (exact) mass is 809 g/mol. The first-order chi connectivity index (χ1) is 25.8. The minimum absolute atomic E-state index is 0. The number of piperidine rings is 3. The number of carbonyl (C=O) groups excluding carboxylic acids is 1. The van der Waals surface area contributed by atoms with Gasteiger partial charge in [-0.3, -0.25) is 4.79 Å². The van der Waals surface area contributed by atoms with Gasteiger partial charge in [-0.05, 0) is 67.6 Å². The maximum Gasteiger partial charge on any atom is 0.262 e. The summed E-state index contributed by atoms with van der Waals surface area (Å²) in [6, 6.07) is 20.8. The number of amides is 1. The number of nitrogens with one attached hydrogen (secondary N) is 2. The van der Waals surface area contributed by atoms with Crippen molar-refractivity contribution in [1.82, 2.24) is 5.32 Å². The molecule has 294 valence electrons. The lowest BCUT2D eigenvalue weighted by Crippen LogP contribution is -3.00. The summed E-state index contributed by atoms with van der Waals surface area (Å²) >= 11 is 0. The molecule has 3 atom stereocenters. The molecule has 12 heteroatoms. The van der Waals surface area contributed by atoms with Crippen molar-refractivity contribution in [2.45, 2.75) is 69.2 Å². The average molecular weight is 811 g/mol. The Morgan fingerprint density at radius 1 is 0.944 bits per heavy atom. The number of phenolic OH excluding ortho intramolecular Hbond substituents is 1. The third kappa shape index (κ3) is 9.69. The molecule has 1 amide bonds. The highest BCUT2D eigenvalue weighted by Gasteiger charge is 2.48. The van der Waals surface area contributed by atoms with E-state index < -0.39 is 11.7 Å². The van der Waals surface area contributed by atoms with E-state index >= 15 is 0 Å². The van der Waals surface area contributed by atoms with Crippen molar-refractivity contribution in [3.63, 3.8) is 0 Å². The van der Waals surface area contributed by atoms with Crippen molar-refractivity contribution in [1.29, 1.82) is 0 Å². The highest BCUT2D eigenvalue weighted by Crippen LogP contribution is 2.43. The molecule has 0 unspecified atom stereocenters. The van der Waals surface area contributed by atoms with E-state index in [1.54, 1.807) is 0 Å². The van der Waals surface area contributed by atoms with Crippen LogP contribution in [0.25, 0.3) is 0 Å². The lowest BCUT2D eigenvalue weighted by molar-refractivity contribution is -0.946. The standard InChI is InChI=1S/C42H55N3O8.BrH/c46-33-24-36(41-37(25-33)44-40(48)28-52-41)38(47)26-43-18-6-22-50-34-12-14-35(15-13-34)51-23-7-19-45-20-16-30(17-21-45)39(27-45)53-29-42(49,32-10-4-5-11-32)31-8-2-1-3-9-31;/h1-3,8-9,12-15,24-25,30,32,38-39,43,47,49H,4-7,10-11,16-23,26-29H2,(H-,44,46,48);1H/t30?,38-,39-,42+,45?;/m0./s1. The molecule has 2 bridgehead atoms. The Kier molecular flexibility index (Phi) is 13.8. The lowest BCUT2D eigenvalue weighted by Gasteiger charge is -2.53. The molecule has 0 aromatic heterocycles. The Morgan fingerprint density at radius 2 is 1.63 bits per heavy atom. The third-order valence-corrected chi connectivity index (χ3v) is 11.9. The van der Waals surface area contributed by atoms with Gasteiger partial charge in [-0.25, -0.2) is 0 Å². The van der Waals surface area contributed by atoms with Gasteiger partial charge in [0, 0.05) is 43.4 Å². The number of ether oxygens (including phenoxy) is 4. The van der Waals surface area contributed by atoms with E-state index in [1.807, 2.05) is 42.5 Å². The predicted molar refractivity (Wildman–Crippen MR) is 201 cm³/mol. The van der Waals surface area contributed by atoms with Gasteiger partial charge in [0.25, 0.3) is 5.91 Å². The molecule has 1 saturated carbocycles. The van der Waals surface area contributed by atoms with Gasteiger partial charge in [0.05, 0.1) is 51.2 Å². The topological polar surface area (TPSA) is 139 Å². The van der Waals surface area contributed by atoms with Crippen molar-refractivity contribution >= 4 is 11.6 Å². The first kappa shape index (κ1) is 40.3. The van der Waals surface area contributed by atoms with Gasteiger partial charge in [0.1, 0.15) is 41.2 Å². The Morgan fingerprint density at radius 3 is 2.33 bits per heavy atom. The number of aliphatic hydroxyl groups is 2. The predicted octanol–water partition coefficient (Wildman–Crippen LogP) is 2.29. The minimum Gasteiger partial charge on any atom is -1.00 e. The quantitative estimate of drug-likeness (QED) is 0.0969. The SMILES string of the molecule is O=C1COc2c(cc(O)cc2[C@@H](O)CNCCCOc2ccc(OCCC[N+]34CCC(CC3)[C@@H](OC[C@@](O)(c3ccccc3)C3CCCC3)C4)cc2)N1.[Br-]. The van der Waals surface area contributed by atoms with Gasteiger partial charge in [0.15, 0.2) is 6.61 Å². The summed E-state index contributed by atoms with van der Waals surface area (Å²) < 4.78 is 25.3. The largest absolute Gasteiger partial charge is 1.00 e. The summed E-state index contributed by atoms with van der Waals surface area (Å²) in [5.41, 5.74) is 0.860. The Labute approximate surface area is 329 Å². The molecule has 3 saturated heterocycles. The molecule has 3 aromatic rings. The van der Waals surface area contributed by atoms with E-state index in [1.165, 1.54) is 50.9 Å². The molecule has 54 heavy (non-hydrogen) atoms. The minimum atomic E-state index is -0.916. The highest BCUT2D eigenvalue weighted by atomic mass is 79.9. The zero-order chi connectivity index (χ0) is 36.7.